The van der Waals surface area contributed by atoms with E-state index in [1.807, 2.05) is 57.0 Å². The van der Waals surface area contributed by atoms with Crippen LogP contribution in [0.25, 0.3) is 0 Å². The van der Waals surface area contributed by atoms with E-state index in [1.54, 1.807) is 0 Å². The highest BCUT2D eigenvalue weighted by molar-refractivity contribution is 7.80. The molecule has 1 amide bonds. The standard InChI is InChI=1S/C16H25N3OS/c1-6-16(3,4)18-15(20)11(2)19(5)13-10-8-7-9-12(13)14(17)21/h7-11H,6H2,1-5H3,(H2,17,21)(H,18,20). The maximum atomic E-state index is 12.4. The van der Waals surface area contributed by atoms with Gasteiger partial charge < -0.3 is 16.0 Å². The molecule has 0 radical (unpaired) electrons. The third-order valence-electron chi connectivity index (χ3n) is 3.86. The molecule has 0 saturated carbocycles. The van der Waals surface area contributed by atoms with Gasteiger partial charge in [0.25, 0.3) is 0 Å². The summed E-state index contributed by atoms with van der Waals surface area (Å²) >= 11 is 5.08. The summed E-state index contributed by atoms with van der Waals surface area (Å²) in [5.74, 6) is -0.0120. The number of likely N-dealkylation sites (N-methyl/N-ethyl adjacent to an activating group) is 1. The molecule has 0 fully saturated rings. The molecule has 0 aliphatic carbocycles. The lowest BCUT2D eigenvalue weighted by Crippen LogP contribution is -2.51. The Morgan fingerprint density at radius 2 is 2.00 bits per heavy atom. The van der Waals surface area contributed by atoms with Crippen LogP contribution in [0.5, 0.6) is 0 Å². The van der Waals surface area contributed by atoms with E-state index in [0.29, 0.717) is 4.99 Å². The van der Waals surface area contributed by atoms with Crippen molar-refractivity contribution < 1.29 is 4.79 Å². The second kappa shape index (κ2) is 6.89. The maximum Gasteiger partial charge on any atom is 0.242 e. The van der Waals surface area contributed by atoms with Crippen molar-refractivity contribution in [1.82, 2.24) is 5.32 Å². The van der Waals surface area contributed by atoms with E-state index in [0.717, 1.165) is 17.7 Å². The average Bonchev–Trinajstić information content (AvgIpc) is 2.45. The van der Waals surface area contributed by atoms with Crippen LogP contribution in [0.2, 0.25) is 0 Å². The van der Waals surface area contributed by atoms with E-state index in [4.69, 9.17) is 18.0 Å². The second-order valence-electron chi connectivity index (χ2n) is 5.89. The number of nitrogens with zero attached hydrogens (tertiary/aromatic N) is 1. The molecule has 0 heterocycles. The summed E-state index contributed by atoms with van der Waals surface area (Å²) in [5, 5.41) is 3.06. The van der Waals surface area contributed by atoms with Gasteiger partial charge in [-0.25, -0.2) is 0 Å². The van der Waals surface area contributed by atoms with Gasteiger partial charge in [0.1, 0.15) is 11.0 Å². The average molecular weight is 307 g/mol. The number of hydrogen-bond acceptors (Lipinski definition) is 3. The fraction of sp³-hybridized carbons (Fsp3) is 0.500. The van der Waals surface area contributed by atoms with E-state index >= 15 is 0 Å². The van der Waals surface area contributed by atoms with Crippen molar-refractivity contribution in [2.75, 3.05) is 11.9 Å². The number of carbonyl (C=O) groups is 1. The first kappa shape index (κ1) is 17.4. The Hall–Kier alpha value is -1.62. The minimum Gasteiger partial charge on any atom is -0.389 e. The maximum absolute atomic E-state index is 12.4. The Kier molecular flexibility index (Phi) is 5.72. The minimum atomic E-state index is -0.314. The van der Waals surface area contributed by atoms with Crippen molar-refractivity contribution in [1.29, 1.82) is 0 Å². The predicted molar refractivity (Wildman–Crippen MR) is 92.7 cm³/mol. The van der Waals surface area contributed by atoms with Gasteiger partial charge in [-0.2, -0.15) is 0 Å². The second-order valence-corrected chi connectivity index (χ2v) is 6.33. The Morgan fingerprint density at radius 3 is 2.52 bits per heavy atom. The highest BCUT2D eigenvalue weighted by Gasteiger charge is 2.25. The van der Waals surface area contributed by atoms with Crippen molar-refractivity contribution in [3.05, 3.63) is 29.8 Å². The number of anilines is 1. The lowest BCUT2D eigenvalue weighted by Gasteiger charge is -2.32. The number of carbonyl (C=O) groups excluding carboxylic acids is 1. The molecule has 3 N–H and O–H groups in total. The molecule has 1 rings (SSSR count). The van der Waals surface area contributed by atoms with Crippen LogP contribution < -0.4 is 16.0 Å². The number of para-hydroxylation sites is 1. The van der Waals surface area contributed by atoms with Crippen LogP contribution in [0.1, 0.15) is 39.7 Å². The third-order valence-corrected chi connectivity index (χ3v) is 4.08. The molecule has 5 heteroatoms. The molecule has 21 heavy (non-hydrogen) atoms. The Balaban J connectivity index is 2.95. The molecular formula is C16H25N3OS. The van der Waals surface area contributed by atoms with Gasteiger partial charge in [-0.1, -0.05) is 31.3 Å². The third kappa shape index (κ3) is 4.43. The van der Waals surface area contributed by atoms with Gasteiger partial charge in [-0.3, -0.25) is 4.79 Å². The van der Waals surface area contributed by atoms with Crippen LogP contribution in [0.15, 0.2) is 24.3 Å². The van der Waals surface area contributed by atoms with E-state index in [-0.39, 0.29) is 17.5 Å². The molecule has 0 aliphatic rings. The first-order chi connectivity index (χ1) is 9.69. The minimum absolute atomic E-state index is 0.0120. The van der Waals surface area contributed by atoms with Crippen LogP contribution >= 0.6 is 12.2 Å². The van der Waals surface area contributed by atoms with Crippen LogP contribution in [0, 0.1) is 0 Å². The van der Waals surface area contributed by atoms with E-state index < -0.39 is 0 Å². The summed E-state index contributed by atoms with van der Waals surface area (Å²) in [5.41, 5.74) is 7.19. The van der Waals surface area contributed by atoms with Gasteiger partial charge in [-0.15, -0.1) is 0 Å². The molecule has 0 aromatic heterocycles. The van der Waals surface area contributed by atoms with E-state index in [1.165, 1.54) is 0 Å². The molecule has 0 aliphatic heterocycles. The highest BCUT2D eigenvalue weighted by atomic mass is 32.1. The van der Waals surface area contributed by atoms with Crippen molar-refractivity contribution in [3.63, 3.8) is 0 Å². The van der Waals surface area contributed by atoms with E-state index in [2.05, 4.69) is 12.2 Å². The van der Waals surface area contributed by atoms with Gasteiger partial charge in [0.05, 0.1) is 0 Å². The Bertz CT molecular complexity index is 528. The van der Waals surface area contributed by atoms with Crippen LogP contribution in [0.3, 0.4) is 0 Å². The number of thiocarbonyl (C=S) groups is 1. The van der Waals surface area contributed by atoms with E-state index in [9.17, 15) is 4.79 Å². The normalized spacial score (nSPS) is 12.6. The van der Waals surface area contributed by atoms with Gasteiger partial charge in [0, 0.05) is 23.8 Å². The topological polar surface area (TPSA) is 58.4 Å². The first-order valence-electron chi connectivity index (χ1n) is 7.13. The number of amides is 1. The lowest BCUT2D eigenvalue weighted by molar-refractivity contribution is -0.123. The molecule has 1 unspecified atom stereocenters. The summed E-state index contributed by atoms with van der Waals surface area (Å²) in [4.78, 5) is 14.6. The molecular weight excluding hydrogens is 282 g/mol. The SMILES string of the molecule is CCC(C)(C)NC(=O)C(C)N(C)c1ccccc1C(N)=S. The zero-order valence-electron chi connectivity index (χ0n) is 13.4. The summed E-state index contributed by atoms with van der Waals surface area (Å²) < 4.78 is 0. The predicted octanol–water partition coefficient (Wildman–Crippen LogP) is 2.45. The van der Waals surface area contributed by atoms with Gasteiger partial charge in [-0.05, 0) is 39.3 Å². The van der Waals surface area contributed by atoms with Gasteiger partial charge in [0.15, 0.2) is 0 Å². The number of nitrogens with two attached hydrogens (primary N) is 1. The Morgan fingerprint density at radius 1 is 1.43 bits per heavy atom. The van der Waals surface area contributed by atoms with Crippen LogP contribution in [0.4, 0.5) is 5.69 Å². The smallest absolute Gasteiger partial charge is 0.242 e. The summed E-state index contributed by atoms with van der Waals surface area (Å²) in [7, 11) is 1.88. The summed E-state index contributed by atoms with van der Waals surface area (Å²) in [6, 6.07) is 7.27. The molecule has 4 nitrogen and oxygen atoms in total. The zero-order chi connectivity index (χ0) is 16.2. The van der Waals surface area contributed by atoms with Crippen molar-refractivity contribution in [3.8, 4) is 0 Å². The first-order valence-corrected chi connectivity index (χ1v) is 7.54. The zero-order valence-corrected chi connectivity index (χ0v) is 14.3. The summed E-state index contributed by atoms with van der Waals surface area (Å²) in [6.07, 6.45) is 0.874. The van der Waals surface area contributed by atoms with Crippen molar-refractivity contribution in [2.24, 2.45) is 5.73 Å². The molecule has 116 valence electrons. The fourth-order valence-electron chi connectivity index (χ4n) is 1.90. The lowest BCUT2D eigenvalue weighted by atomic mass is 10.0. The number of benzene rings is 1. The molecule has 0 bridgehead atoms. The largest absolute Gasteiger partial charge is 0.389 e. The molecule has 1 aromatic carbocycles. The summed E-state index contributed by atoms with van der Waals surface area (Å²) in [6.45, 7) is 7.95. The number of hydrogen-bond donors (Lipinski definition) is 2. The molecule has 0 saturated heterocycles. The highest BCUT2D eigenvalue weighted by Crippen LogP contribution is 2.21. The van der Waals surface area contributed by atoms with Crippen molar-refractivity contribution in [2.45, 2.75) is 45.7 Å². The molecule has 1 atom stereocenters. The molecule has 0 spiro atoms. The monoisotopic (exact) mass is 307 g/mol. The van der Waals surface area contributed by atoms with Gasteiger partial charge in [0.2, 0.25) is 5.91 Å². The van der Waals surface area contributed by atoms with Gasteiger partial charge >= 0.3 is 0 Å². The number of nitrogens with one attached hydrogen (secondary N) is 1. The fourth-order valence-corrected chi connectivity index (χ4v) is 2.07. The van der Waals surface area contributed by atoms with Crippen LogP contribution in [-0.2, 0) is 4.79 Å². The quantitative estimate of drug-likeness (QED) is 0.793. The molecule has 1 aromatic rings. The van der Waals surface area contributed by atoms with Crippen molar-refractivity contribution >= 4 is 28.8 Å². The number of rotatable bonds is 6. The Labute approximate surface area is 132 Å². The van der Waals surface area contributed by atoms with Crippen LogP contribution in [-0.4, -0.2) is 29.5 Å².